The molecule has 10 nitrogen and oxygen atoms in total. The number of carbonyl (C=O) groups is 2. The summed E-state index contributed by atoms with van der Waals surface area (Å²) in [5.41, 5.74) is 0. The molecule has 1 aliphatic rings. The maximum absolute atomic E-state index is 11.3. The third-order valence-electron chi connectivity index (χ3n) is 5.78. The van der Waals surface area contributed by atoms with Crippen molar-refractivity contribution in [2.45, 2.75) is 45.4 Å². The number of rotatable bonds is 9. The monoisotopic (exact) mass is 432 g/mol. The molecule has 1 aliphatic heterocycles. The molecule has 4 N–H and O–H groups in total. The molecule has 0 amide bonds. The van der Waals surface area contributed by atoms with Crippen LogP contribution in [0.15, 0.2) is 0 Å². The Morgan fingerprint density at radius 1 is 0.800 bits per heavy atom. The first kappa shape index (κ1) is 26.7. The van der Waals surface area contributed by atoms with Crippen LogP contribution < -0.4 is 0 Å². The number of nitrogens with zero attached hydrogens (tertiary/aromatic N) is 4. The molecular weight excluding hydrogens is 392 g/mol. The third kappa shape index (κ3) is 9.67. The van der Waals surface area contributed by atoms with E-state index in [1.54, 1.807) is 0 Å². The molecule has 1 saturated heterocycles. The van der Waals surface area contributed by atoms with E-state index in [1.165, 1.54) is 0 Å². The number of hydrogen-bond acceptors (Lipinski definition) is 8. The Labute approximate surface area is 179 Å². The second-order valence-corrected chi connectivity index (χ2v) is 8.23. The van der Waals surface area contributed by atoms with Crippen LogP contribution in [0.1, 0.15) is 27.2 Å². The Hall–Kier alpha value is -1.30. The molecule has 0 aromatic heterocycles. The maximum Gasteiger partial charge on any atom is 0.317 e. The smallest absolute Gasteiger partial charge is 0.317 e. The number of aliphatic hydroxyl groups is 2. The molecule has 176 valence electrons. The summed E-state index contributed by atoms with van der Waals surface area (Å²) >= 11 is 0. The van der Waals surface area contributed by atoms with E-state index in [2.05, 4.69) is 18.7 Å². The van der Waals surface area contributed by atoms with Gasteiger partial charge in [-0.05, 0) is 20.3 Å². The molecule has 0 radical (unpaired) electrons. The van der Waals surface area contributed by atoms with Crippen molar-refractivity contribution in [3.63, 3.8) is 0 Å². The molecule has 0 saturated carbocycles. The van der Waals surface area contributed by atoms with Crippen molar-refractivity contribution >= 4 is 11.9 Å². The van der Waals surface area contributed by atoms with Gasteiger partial charge in [-0.1, -0.05) is 6.92 Å². The molecular formula is C20H40N4O6. The molecule has 1 fully saturated rings. The van der Waals surface area contributed by atoms with E-state index in [-0.39, 0.29) is 25.7 Å². The fraction of sp³-hybridized carbons (Fsp3) is 0.900. The fourth-order valence-electron chi connectivity index (χ4n) is 3.83. The Morgan fingerprint density at radius 2 is 1.20 bits per heavy atom. The summed E-state index contributed by atoms with van der Waals surface area (Å²) in [7, 11) is 0. The van der Waals surface area contributed by atoms with E-state index < -0.39 is 24.1 Å². The molecule has 30 heavy (non-hydrogen) atoms. The van der Waals surface area contributed by atoms with Crippen LogP contribution >= 0.6 is 0 Å². The lowest BCUT2D eigenvalue weighted by Crippen LogP contribution is -2.53. The first-order chi connectivity index (χ1) is 14.2. The lowest BCUT2D eigenvalue weighted by molar-refractivity contribution is -0.139. The quantitative estimate of drug-likeness (QED) is 0.357. The van der Waals surface area contributed by atoms with E-state index >= 15 is 0 Å². The van der Waals surface area contributed by atoms with Crippen LogP contribution in [0.3, 0.4) is 0 Å². The standard InChI is InChI=1S/C20H40N4O6/c1-4-18(26)17(15-25)24-11-7-21(13-19(27)28)5-9-23(16(2)3)10-6-22(8-12-24)14-20(29)30/h16-18,25-26H,4-15H2,1-3H3,(H,27,28)(H,29,30)/t17-,18-/m0/s1. The Kier molecular flexibility index (Phi) is 12.4. The van der Waals surface area contributed by atoms with Gasteiger partial charge in [0.1, 0.15) is 0 Å². The summed E-state index contributed by atoms with van der Waals surface area (Å²) in [6.45, 7) is 10.1. The second-order valence-electron chi connectivity index (χ2n) is 8.23. The number of carboxylic acids is 2. The predicted octanol–water partition coefficient (Wildman–Crippen LogP) is -1.08. The Bertz CT molecular complexity index is 490. The molecule has 0 aromatic carbocycles. The summed E-state index contributed by atoms with van der Waals surface area (Å²) in [6, 6.07) is -0.204. The van der Waals surface area contributed by atoms with E-state index in [0.29, 0.717) is 58.8 Å². The number of aliphatic hydroxyl groups excluding tert-OH is 2. The number of carboxylic acid groups (broad SMARTS) is 2. The molecule has 0 bridgehead atoms. The topological polar surface area (TPSA) is 128 Å². The maximum atomic E-state index is 11.3. The SMILES string of the molecule is CC[C@H](O)[C@H](CO)N1CCN(CC(=O)O)CCN(C(C)C)CCN(CC(=O)O)CC1. The van der Waals surface area contributed by atoms with Crippen molar-refractivity contribution in [3.05, 3.63) is 0 Å². The van der Waals surface area contributed by atoms with Gasteiger partial charge in [0.2, 0.25) is 0 Å². The third-order valence-corrected chi connectivity index (χ3v) is 5.78. The van der Waals surface area contributed by atoms with Crippen LogP contribution in [-0.2, 0) is 9.59 Å². The summed E-state index contributed by atoms with van der Waals surface area (Å²) in [4.78, 5) is 30.6. The van der Waals surface area contributed by atoms with Crippen LogP contribution in [0.25, 0.3) is 0 Å². The van der Waals surface area contributed by atoms with Crippen molar-refractivity contribution in [1.29, 1.82) is 0 Å². The average molecular weight is 433 g/mol. The minimum absolute atomic E-state index is 0.0644. The molecule has 10 heteroatoms. The highest BCUT2D eigenvalue weighted by Gasteiger charge is 2.27. The number of aliphatic carboxylic acids is 2. The lowest BCUT2D eigenvalue weighted by Gasteiger charge is -2.38. The zero-order valence-electron chi connectivity index (χ0n) is 18.6. The van der Waals surface area contributed by atoms with Crippen molar-refractivity contribution in [3.8, 4) is 0 Å². The highest BCUT2D eigenvalue weighted by molar-refractivity contribution is 5.69. The Morgan fingerprint density at radius 3 is 1.50 bits per heavy atom. The highest BCUT2D eigenvalue weighted by atomic mass is 16.4. The van der Waals surface area contributed by atoms with Crippen LogP contribution in [0.2, 0.25) is 0 Å². The fourth-order valence-corrected chi connectivity index (χ4v) is 3.83. The largest absolute Gasteiger partial charge is 0.480 e. The second kappa shape index (κ2) is 13.9. The first-order valence-electron chi connectivity index (χ1n) is 10.8. The summed E-state index contributed by atoms with van der Waals surface area (Å²) in [5, 5.41) is 38.8. The molecule has 0 aliphatic carbocycles. The van der Waals surface area contributed by atoms with Crippen LogP contribution in [0.5, 0.6) is 0 Å². The van der Waals surface area contributed by atoms with Crippen LogP contribution in [-0.4, -0.2) is 142 Å². The molecule has 0 unspecified atom stereocenters. The van der Waals surface area contributed by atoms with Crippen molar-refractivity contribution in [2.24, 2.45) is 0 Å². The van der Waals surface area contributed by atoms with Gasteiger partial charge in [-0.15, -0.1) is 0 Å². The normalized spacial score (nSPS) is 21.7. The van der Waals surface area contributed by atoms with Gasteiger partial charge >= 0.3 is 11.9 Å². The Balaban J connectivity index is 3.04. The zero-order valence-corrected chi connectivity index (χ0v) is 18.6. The van der Waals surface area contributed by atoms with Gasteiger partial charge in [-0.3, -0.25) is 29.2 Å². The van der Waals surface area contributed by atoms with Crippen LogP contribution in [0.4, 0.5) is 0 Å². The highest BCUT2D eigenvalue weighted by Crippen LogP contribution is 2.10. The van der Waals surface area contributed by atoms with E-state index in [9.17, 15) is 30.0 Å². The summed E-state index contributed by atoms with van der Waals surface area (Å²) < 4.78 is 0. The van der Waals surface area contributed by atoms with E-state index in [4.69, 9.17) is 0 Å². The van der Waals surface area contributed by atoms with Gasteiger partial charge in [0.25, 0.3) is 0 Å². The van der Waals surface area contributed by atoms with Gasteiger partial charge in [-0.2, -0.15) is 0 Å². The van der Waals surface area contributed by atoms with Gasteiger partial charge in [0.05, 0.1) is 31.8 Å². The van der Waals surface area contributed by atoms with E-state index in [0.717, 1.165) is 0 Å². The molecule has 0 aromatic rings. The minimum Gasteiger partial charge on any atom is -0.480 e. The molecule has 2 atom stereocenters. The van der Waals surface area contributed by atoms with Gasteiger partial charge in [-0.25, -0.2) is 0 Å². The first-order valence-corrected chi connectivity index (χ1v) is 10.8. The predicted molar refractivity (Wildman–Crippen MR) is 114 cm³/mol. The van der Waals surface area contributed by atoms with Crippen molar-refractivity contribution in [2.75, 3.05) is 72.1 Å². The van der Waals surface area contributed by atoms with Crippen molar-refractivity contribution < 1.29 is 30.0 Å². The van der Waals surface area contributed by atoms with Crippen molar-refractivity contribution in [1.82, 2.24) is 19.6 Å². The molecule has 1 heterocycles. The summed E-state index contributed by atoms with van der Waals surface area (Å²) in [6.07, 6.45) is -0.219. The average Bonchev–Trinajstić information content (AvgIpc) is 2.66. The molecule has 1 rings (SSSR count). The lowest BCUT2D eigenvalue weighted by atomic mass is 10.1. The van der Waals surface area contributed by atoms with E-state index in [1.807, 2.05) is 21.6 Å². The van der Waals surface area contributed by atoms with Gasteiger partial charge in [0.15, 0.2) is 0 Å². The minimum atomic E-state index is -0.885. The molecule has 0 spiro atoms. The zero-order chi connectivity index (χ0) is 22.7. The number of hydrogen-bond donors (Lipinski definition) is 4. The summed E-state index contributed by atoms with van der Waals surface area (Å²) in [5.74, 6) is -1.77. The van der Waals surface area contributed by atoms with Crippen LogP contribution in [0, 0.1) is 0 Å². The van der Waals surface area contributed by atoms with Gasteiger partial charge < -0.3 is 20.4 Å². The van der Waals surface area contributed by atoms with Gasteiger partial charge in [0, 0.05) is 58.4 Å².